The van der Waals surface area contributed by atoms with Crippen LogP contribution in [0.3, 0.4) is 0 Å². The fourth-order valence-corrected chi connectivity index (χ4v) is 3.01. The molecular formula is C13H22N2O2S2. The number of rotatable bonds is 7. The zero-order valence-corrected chi connectivity index (χ0v) is 13.2. The molecule has 1 aromatic carbocycles. The number of sulfonamides is 1. The molecule has 0 aliphatic rings. The molecule has 0 aliphatic heterocycles. The molecule has 0 fully saturated rings. The van der Waals surface area contributed by atoms with Gasteiger partial charge in [0.05, 0.1) is 4.90 Å². The topological polar surface area (TPSA) is 72.2 Å². The smallest absolute Gasteiger partial charge is 0.238 e. The molecule has 19 heavy (non-hydrogen) atoms. The summed E-state index contributed by atoms with van der Waals surface area (Å²) in [6.45, 7) is 6.36. The second-order valence-corrected chi connectivity index (χ2v) is 7.44. The van der Waals surface area contributed by atoms with Crippen LogP contribution in [0.1, 0.15) is 32.4 Å². The SMILES string of the molecule is CCSCC(C)NC(C)c1ccc(S(N)(=O)=O)cc1. The first-order valence-electron chi connectivity index (χ1n) is 6.31. The van der Waals surface area contributed by atoms with Gasteiger partial charge in [-0.1, -0.05) is 19.1 Å². The molecule has 0 spiro atoms. The Hall–Kier alpha value is -0.560. The van der Waals surface area contributed by atoms with Crippen LogP contribution in [-0.2, 0) is 10.0 Å². The van der Waals surface area contributed by atoms with Crippen LogP contribution in [0.15, 0.2) is 29.2 Å². The van der Waals surface area contributed by atoms with E-state index in [0.29, 0.717) is 6.04 Å². The largest absolute Gasteiger partial charge is 0.307 e. The van der Waals surface area contributed by atoms with E-state index in [1.807, 2.05) is 11.8 Å². The van der Waals surface area contributed by atoms with Crippen molar-refractivity contribution in [1.29, 1.82) is 0 Å². The number of nitrogens with one attached hydrogen (secondary N) is 1. The van der Waals surface area contributed by atoms with E-state index in [4.69, 9.17) is 5.14 Å². The van der Waals surface area contributed by atoms with E-state index in [-0.39, 0.29) is 10.9 Å². The maximum absolute atomic E-state index is 11.2. The second kappa shape index (κ2) is 7.28. The summed E-state index contributed by atoms with van der Waals surface area (Å²) in [4.78, 5) is 0.151. The highest BCUT2D eigenvalue weighted by Crippen LogP contribution is 2.16. The van der Waals surface area contributed by atoms with Crippen molar-refractivity contribution in [2.75, 3.05) is 11.5 Å². The molecule has 0 bridgehead atoms. The Bertz CT molecular complexity index is 486. The Labute approximate surface area is 120 Å². The van der Waals surface area contributed by atoms with Gasteiger partial charge >= 0.3 is 0 Å². The Morgan fingerprint density at radius 2 is 1.84 bits per heavy atom. The van der Waals surface area contributed by atoms with Crippen LogP contribution in [-0.4, -0.2) is 26.0 Å². The third kappa shape index (κ3) is 5.52. The molecule has 2 atom stereocenters. The molecule has 108 valence electrons. The lowest BCUT2D eigenvalue weighted by Crippen LogP contribution is -2.31. The fraction of sp³-hybridized carbons (Fsp3) is 0.538. The lowest BCUT2D eigenvalue weighted by molar-refractivity contribution is 0.511. The lowest BCUT2D eigenvalue weighted by Gasteiger charge is -2.20. The summed E-state index contributed by atoms with van der Waals surface area (Å²) in [7, 11) is -3.60. The van der Waals surface area contributed by atoms with E-state index in [1.165, 1.54) is 0 Å². The van der Waals surface area contributed by atoms with Crippen LogP contribution < -0.4 is 10.5 Å². The summed E-state index contributed by atoms with van der Waals surface area (Å²) in [6.07, 6.45) is 0. The Morgan fingerprint density at radius 1 is 1.26 bits per heavy atom. The van der Waals surface area contributed by atoms with Crippen molar-refractivity contribution in [3.8, 4) is 0 Å². The monoisotopic (exact) mass is 302 g/mol. The number of primary sulfonamides is 1. The average molecular weight is 302 g/mol. The van der Waals surface area contributed by atoms with Crippen LogP contribution in [0.4, 0.5) is 0 Å². The van der Waals surface area contributed by atoms with Crippen LogP contribution in [0.5, 0.6) is 0 Å². The van der Waals surface area contributed by atoms with E-state index in [9.17, 15) is 8.42 Å². The first-order valence-corrected chi connectivity index (χ1v) is 9.01. The highest BCUT2D eigenvalue weighted by atomic mass is 32.2. The maximum Gasteiger partial charge on any atom is 0.238 e. The van der Waals surface area contributed by atoms with Gasteiger partial charge < -0.3 is 5.32 Å². The van der Waals surface area contributed by atoms with E-state index in [2.05, 4.69) is 26.1 Å². The predicted molar refractivity (Wildman–Crippen MR) is 81.8 cm³/mol. The van der Waals surface area contributed by atoms with Gasteiger partial charge in [-0.3, -0.25) is 0 Å². The molecule has 0 aliphatic carbocycles. The third-order valence-electron chi connectivity index (χ3n) is 2.82. The van der Waals surface area contributed by atoms with E-state index >= 15 is 0 Å². The minimum Gasteiger partial charge on any atom is -0.307 e. The summed E-state index contributed by atoms with van der Waals surface area (Å²) < 4.78 is 22.3. The molecule has 1 rings (SSSR count). The quantitative estimate of drug-likeness (QED) is 0.809. The van der Waals surface area contributed by atoms with E-state index < -0.39 is 10.0 Å². The first kappa shape index (κ1) is 16.5. The van der Waals surface area contributed by atoms with Crippen molar-refractivity contribution in [2.24, 2.45) is 5.14 Å². The maximum atomic E-state index is 11.2. The van der Waals surface area contributed by atoms with Crippen molar-refractivity contribution < 1.29 is 8.42 Å². The molecule has 0 amide bonds. The van der Waals surface area contributed by atoms with Crippen molar-refractivity contribution in [3.63, 3.8) is 0 Å². The second-order valence-electron chi connectivity index (χ2n) is 4.56. The molecule has 1 aromatic rings. The lowest BCUT2D eigenvalue weighted by atomic mass is 10.1. The average Bonchev–Trinajstić information content (AvgIpc) is 2.35. The zero-order valence-electron chi connectivity index (χ0n) is 11.6. The van der Waals surface area contributed by atoms with Gasteiger partial charge in [0, 0.05) is 17.8 Å². The number of thioether (sulfide) groups is 1. The molecule has 0 saturated carbocycles. The summed E-state index contributed by atoms with van der Waals surface area (Å²) in [5, 5.41) is 8.56. The van der Waals surface area contributed by atoms with Gasteiger partial charge in [-0.05, 0) is 37.3 Å². The van der Waals surface area contributed by atoms with Gasteiger partial charge in [0.1, 0.15) is 0 Å². The van der Waals surface area contributed by atoms with Crippen molar-refractivity contribution in [2.45, 2.75) is 37.8 Å². The zero-order chi connectivity index (χ0) is 14.5. The number of benzene rings is 1. The molecule has 2 unspecified atom stereocenters. The van der Waals surface area contributed by atoms with Crippen molar-refractivity contribution >= 4 is 21.8 Å². The predicted octanol–water partition coefficient (Wildman–Crippen LogP) is 2.13. The van der Waals surface area contributed by atoms with Crippen LogP contribution in [0.25, 0.3) is 0 Å². The molecule has 0 radical (unpaired) electrons. The summed E-state index contributed by atoms with van der Waals surface area (Å²) >= 11 is 1.90. The van der Waals surface area contributed by atoms with Gasteiger partial charge in [0.15, 0.2) is 0 Å². The number of nitrogens with two attached hydrogens (primary N) is 1. The highest BCUT2D eigenvalue weighted by Gasteiger charge is 2.11. The van der Waals surface area contributed by atoms with Gasteiger partial charge in [-0.25, -0.2) is 13.6 Å². The molecular weight excluding hydrogens is 280 g/mol. The molecule has 3 N–H and O–H groups in total. The first-order chi connectivity index (χ1) is 8.84. The normalized spacial score (nSPS) is 15.2. The Balaban J connectivity index is 2.65. The number of hydrogen-bond acceptors (Lipinski definition) is 4. The van der Waals surface area contributed by atoms with Gasteiger partial charge in [0.2, 0.25) is 10.0 Å². The van der Waals surface area contributed by atoms with E-state index in [0.717, 1.165) is 17.1 Å². The summed E-state index contributed by atoms with van der Waals surface area (Å²) in [5.41, 5.74) is 1.06. The van der Waals surface area contributed by atoms with Gasteiger partial charge in [0.25, 0.3) is 0 Å². The molecule has 0 saturated heterocycles. The van der Waals surface area contributed by atoms with Crippen molar-refractivity contribution in [3.05, 3.63) is 29.8 Å². The minimum absolute atomic E-state index is 0.151. The minimum atomic E-state index is -3.60. The van der Waals surface area contributed by atoms with Gasteiger partial charge in [-0.2, -0.15) is 11.8 Å². The molecule has 0 heterocycles. The Morgan fingerprint density at radius 3 is 2.32 bits per heavy atom. The molecule has 4 nitrogen and oxygen atoms in total. The number of hydrogen-bond donors (Lipinski definition) is 2. The Kier molecular flexibility index (Phi) is 6.32. The van der Waals surface area contributed by atoms with Crippen LogP contribution in [0, 0.1) is 0 Å². The fourth-order valence-electron chi connectivity index (χ4n) is 1.81. The summed E-state index contributed by atoms with van der Waals surface area (Å²) in [5.74, 6) is 2.18. The van der Waals surface area contributed by atoms with Crippen LogP contribution in [0.2, 0.25) is 0 Å². The van der Waals surface area contributed by atoms with Crippen molar-refractivity contribution in [1.82, 2.24) is 5.32 Å². The molecule has 6 heteroatoms. The summed E-state index contributed by atoms with van der Waals surface area (Å²) in [6, 6.07) is 7.30. The molecule has 0 aromatic heterocycles. The van der Waals surface area contributed by atoms with Gasteiger partial charge in [-0.15, -0.1) is 0 Å². The van der Waals surface area contributed by atoms with E-state index in [1.54, 1.807) is 24.3 Å². The van der Waals surface area contributed by atoms with Crippen LogP contribution >= 0.6 is 11.8 Å². The highest BCUT2D eigenvalue weighted by molar-refractivity contribution is 7.99. The third-order valence-corrected chi connectivity index (χ3v) is 4.89. The standard InChI is InChI=1S/C13H22N2O2S2/c1-4-18-9-10(2)15-11(3)12-5-7-13(8-6-12)19(14,16)17/h5-8,10-11,15H,4,9H2,1-3H3,(H2,14,16,17).